The summed E-state index contributed by atoms with van der Waals surface area (Å²) in [6.45, 7) is 0. The Morgan fingerprint density at radius 2 is 2.14 bits per heavy atom. The second-order valence-electron chi connectivity index (χ2n) is 2.79. The van der Waals surface area contributed by atoms with Gasteiger partial charge in [-0.2, -0.15) is 0 Å². The molecule has 2 rings (SSSR count). The van der Waals surface area contributed by atoms with Crippen LogP contribution in [0.1, 0.15) is 0 Å². The fraction of sp³-hybridized carbons (Fsp3) is 0.100. The molecule has 0 saturated heterocycles. The Balaban J connectivity index is 2.65. The quantitative estimate of drug-likeness (QED) is 0.580. The summed E-state index contributed by atoms with van der Waals surface area (Å²) < 4.78 is 5.05. The Morgan fingerprint density at radius 3 is 2.93 bits per heavy atom. The summed E-state index contributed by atoms with van der Waals surface area (Å²) in [7, 11) is 1.44. The first-order chi connectivity index (χ1) is 6.81. The molecule has 4 nitrogen and oxygen atoms in total. The molecule has 0 aliphatic carbocycles. The maximum atomic E-state index is 11.3. The van der Waals surface area contributed by atoms with E-state index in [9.17, 15) is 4.79 Å². The van der Waals surface area contributed by atoms with E-state index < -0.39 is 5.63 Å². The molecule has 0 unspecified atom stereocenters. The summed E-state index contributed by atoms with van der Waals surface area (Å²) in [5.74, 6) is 0. The molecule has 0 saturated carbocycles. The summed E-state index contributed by atoms with van der Waals surface area (Å²) in [5.41, 5.74) is 2.89. The van der Waals surface area contributed by atoms with Gasteiger partial charge in [0.05, 0.1) is 7.11 Å². The number of hydrogen-bond donors (Lipinski definition) is 1. The van der Waals surface area contributed by atoms with Gasteiger partial charge in [0.25, 0.3) is 0 Å². The first-order valence-electron chi connectivity index (χ1n) is 4.13. The molecule has 0 fully saturated rings. The molecule has 0 spiro atoms. The Hall–Kier alpha value is -1.81. The molecule has 0 bridgehead atoms. The van der Waals surface area contributed by atoms with Crippen molar-refractivity contribution in [1.29, 1.82) is 0 Å². The van der Waals surface area contributed by atoms with Crippen LogP contribution in [0.15, 0.2) is 39.5 Å². The van der Waals surface area contributed by atoms with Gasteiger partial charge in [-0.1, -0.05) is 18.2 Å². The lowest BCUT2D eigenvalue weighted by Gasteiger charge is -2.01. The zero-order valence-corrected chi connectivity index (χ0v) is 7.61. The minimum atomic E-state index is -0.439. The Bertz CT molecular complexity index is 504. The minimum absolute atomic E-state index is 0.297. The maximum absolute atomic E-state index is 11.3. The van der Waals surface area contributed by atoms with Crippen molar-refractivity contribution in [3.63, 3.8) is 0 Å². The predicted molar refractivity (Wildman–Crippen MR) is 53.1 cm³/mol. The molecular weight excluding hydrogens is 182 g/mol. The van der Waals surface area contributed by atoms with E-state index in [0.29, 0.717) is 11.3 Å². The van der Waals surface area contributed by atoms with Crippen LogP contribution in [0.25, 0.3) is 11.0 Å². The van der Waals surface area contributed by atoms with E-state index in [1.54, 1.807) is 12.1 Å². The molecule has 72 valence electrons. The Morgan fingerprint density at radius 1 is 1.36 bits per heavy atom. The average Bonchev–Trinajstić information content (AvgIpc) is 2.19. The van der Waals surface area contributed by atoms with E-state index >= 15 is 0 Å². The van der Waals surface area contributed by atoms with Crippen LogP contribution in [-0.2, 0) is 4.84 Å². The summed E-state index contributed by atoms with van der Waals surface area (Å²) >= 11 is 0. The van der Waals surface area contributed by atoms with Crippen LogP contribution in [0.5, 0.6) is 0 Å². The van der Waals surface area contributed by atoms with Crippen LogP contribution in [0, 0.1) is 0 Å². The van der Waals surface area contributed by atoms with Crippen LogP contribution >= 0.6 is 0 Å². The van der Waals surface area contributed by atoms with E-state index in [2.05, 4.69) is 10.3 Å². The van der Waals surface area contributed by atoms with Gasteiger partial charge < -0.3 is 4.42 Å². The number of hydrogen-bond acceptors (Lipinski definition) is 4. The topological polar surface area (TPSA) is 51.5 Å². The number of fused-ring (bicyclic) bond motifs is 1. The highest BCUT2D eigenvalue weighted by molar-refractivity contribution is 5.79. The molecule has 14 heavy (non-hydrogen) atoms. The molecule has 0 radical (unpaired) electrons. The van der Waals surface area contributed by atoms with Crippen molar-refractivity contribution in [2.75, 3.05) is 12.6 Å². The molecule has 2 aromatic rings. The van der Waals surface area contributed by atoms with Gasteiger partial charge in [0.1, 0.15) is 11.3 Å². The van der Waals surface area contributed by atoms with Gasteiger partial charge in [-0.3, -0.25) is 10.3 Å². The fourth-order valence-corrected chi connectivity index (χ4v) is 1.24. The highest BCUT2D eigenvalue weighted by Gasteiger charge is 2.02. The molecule has 1 aromatic heterocycles. The number of anilines is 1. The largest absolute Gasteiger partial charge is 0.421 e. The average molecular weight is 191 g/mol. The van der Waals surface area contributed by atoms with E-state index in [4.69, 9.17) is 4.42 Å². The summed E-state index contributed by atoms with van der Waals surface area (Å²) in [6.07, 6.45) is 0. The third kappa shape index (κ3) is 1.47. The van der Waals surface area contributed by atoms with Crippen LogP contribution in [0.2, 0.25) is 0 Å². The first-order valence-corrected chi connectivity index (χ1v) is 4.13. The van der Waals surface area contributed by atoms with E-state index in [1.807, 2.05) is 18.2 Å². The zero-order valence-electron chi connectivity index (χ0n) is 7.61. The summed E-state index contributed by atoms with van der Waals surface area (Å²) in [5, 5.41) is 0.853. The first kappa shape index (κ1) is 8.77. The van der Waals surface area contributed by atoms with Crippen LogP contribution in [0.3, 0.4) is 0 Å². The van der Waals surface area contributed by atoms with Gasteiger partial charge in [0.15, 0.2) is 0 Å². The fourth-order valence-electron chi connectivity index (χ4n) is 1.24. The van der Waals surface area contributed by atoms with E-state index in [1.165, 1.54) is 7.11 Å². The Labute approximate surface area is 80.1 Å². The highest BCUT2D eigenvalue weighted by Crippen LogP contribution is 2.14. The van der Waals surface area contributed by atoms with Crippen LogP contribution in [0.4, 0.5) is 5.69 Å². The van der Waals surface area contributed by atoms with Crippen molar-refractivity contribution < 1.29 is 9.25 Å². The lowest BCUT2D eigenvalue weighted by atomic mass is 10.2. The SMILES string of the molecule is CONc1cc2ccccc2oc1=O. The molecular formula is C10H9NO3. The van der Waals surface area contributed by atoms with Crippen LogP contribution < -0.4 is 11.1 Å². The molecule has 1 N–H and O–H groups in total. The maximum Gasteiger partial charge on any atom is 0.362 e. The van der Waals surface area contributed by atoms with Crippen molar-refractivity contribution in [1.82, 2.24) is 0 Å². The molecule has 1 heterocycles. The monoisotopic (exact) mass is 191 g/mol. The van der Waals surface area contributed by atoms with E-state index in [-0.39, 0.29) is 0 Å². The molecule has 1 aromatic carbocycles. The van der Waals surface area contributed by atoms with Gasteiger partial charge >= 0.3 is 5.63 Å². The van der Waals surface area contributed by atoms with Gasteiger partial charge in [-0.25, -0.2) is 4.79 Å². The third-order valence-electron chi connectivity index (χ3n) is 1.85. The molecule has 0 aliphatic heterocycles. The van der Waals surface area contributed by atoms with Gasteiger partial charge in [-0.05, 0) is 12.1 Å². The lowest BCUT2D eigenvalue weighted by molar-refractivity contribution is 0.269. The van der Waals surface area contributed by atoms with Crippen molar-refractivity contribution in [3.05, 3.63) is 40.8 Å². The molecule has 0 aliphatic rings. The minimum Gasteiger partial charge on any atom is -0.421 e. The third-order valence-corrected chi connectivity index (χ3v) is 1.85. The molecule has 0 amide bonds. The van der Waals surface area contributed by atoms with Crippen molar-refractivity contribution in [2.45, 2.75) is 0 Å². The predicted octanol–water partition coefficient (Wildman–Crippen LogP) is 1.77. The van der Waals surface area contributed by atoms with Crippen molar-refractivity contribution in [3.8, 4) is 0 Å². The van der Waals surface area contributed by atoms with Crippen molar-refractivity contribution in [2.24, 2.45) is 0 Å². The van der Waals surface area contributed by atoms with E-state index in [0.717, 1.165) is 5.39 Å². The molecule has 4 heteroatoms. The second kappa shape index (κ2) is 3.51. The summed E-state index contributed by atoms with van der Waals surface area (Å²) in [6, 6.07) is 8.98. The number of para-hydroxylation sites is 1. The number of benzene rings is 1. The van der Waals surface area contributed by atoms with Gasteiger partial charge in [-0.15, -0.1) is 0 Å². The van der Waals surface area contributed by atoms with Gasteiger partial charge in [0, 0.05) is 5.39 Å². The standard InChI is InChI=1S/C10H9NO3/c1-13-11-8-6-7-4-2-3-5-9(7)14-10(8)12/h2-6,11H,1H3. The van der Waals surface area contributed by atoms with Crippen molar-refractivity contribution >= 4 is 16.7 Å². The Kier molecular flexibility index (Phi) is 2.20. The normalized spacial score (nSPS) is 10.4. The molecule has 0 atom stereocenters. The van der Waals surface area contributed by atoms with Gasteiger partial charge in [0.2, 0.25) is 0 Å². The smallest absolute Gasteiger partial charge is 0.362 e. The number of rotatable bonds is 2. The number of nitrogens with one attached hydrogen (secondary N) is 1. The second-order valence-corrected chi connectivity index (χ2v) is 2.79. The zero-order chi connectivity index (χ0) is 9.97. The summed E-state index contributed by atoms with van der Waals surface area (Å²) in [4.78, 5) is 16.0. The highest BCUT2D eigenvalue weighted by atomic mass is 16.6. The lowest BCUT2D eigenvalue weighted by Crippen LogP contribution is -2.08. The van der Waals surface area contributed by atoms with Crippen LogP contribution in [-0.4, -0.2) is 7.11 Å².